The van der Waals surface area contributed by atoms with Gasteiger partial charge in [0.15, 0.2) is 11.5 Å². The molecule has 0 aromatic heterocycles. The third-order valence-electron chi connectivity index (χ3n) is 3.97. The van der Waals surface area contributed by atoms with Crippen molar-refractivity contribution in [3.8, 4) is 11.5 Å². The number of aliphatic hydroxyl groups is 1. The quantitative estimate of drug-likeness (QED) is 0.532. The van der Waals surface area contributed by atoms with E-state index in [1.54, 1.807) is 19.2 Å². The second-order valence-electron chi connectivity index (χ2n) is 5.97. The van der Waals surface area contributed by atoms with Crippen LogP contribution in [0.15, 0.2) is 36.4 Å². The normalized spacial score (nSPS) is 10.8. The van der Waals surface area contributed by atoms with Gasteiger partial charge < -0.3 is 19.9 Å². The van der Waals surface area contributed by atoms with Gasteiger partial charge in [-0.15, -0.1) is 0 Å². The molecule has 0 aliphatic rings. The number of hydrogen-bond acceptors (Lipinski definition) is 4. The van der Waals surface area contributed by atoms with E-state index in [1.165, 1.54) is 0 Å². The number of aliphatic hydroxyl groups excluding tert-OH is 1. The van der Waals surface area contributed by atoms with E-state index in [2.05, 4.69) is 5.32 Å². The second kappa shape index (κ2) is 11.3. The van der Waals surface area contributed by atoms with Crippen molar-refractivity contribution in [2.24, 2.45) is 0 Å². The minimum atomic E-state index is 0.264. The van der Waals surface area contributed by atoms with E-state index in [0.29, 0.717) is 28.2 Å². The molecule has 6 heteroatoms. The summed E-state index contributed by atoms with van der Waals surface area (Å²) in [7, 11) is 1.63. The van der Waals surface area contributed by atoms with Gasteiger partial charge in [-0.25, -0.2) is 0 Å². The van der Waals surface area contributed by atoms with Crippen molar-refractivity contribution in [2.45, 2.75) is 32.4 Å². The van der Waals surface area contributed by atoms with Gasteiger partial charge in [-0.3, -0.25) is 0 Å². The zero-order valence-electron chi connectivity index (χ0n) is 14.9. The van der Waals surface area contributed by atoms with Crippen LogP contribution in [0.2, 0.25) is 10.0 Å². The Morgan fingerprint density at radius 1 is 1.00 bits per heavy atom. The number of halogens is 2. The van der Waals surface area contributed by atoms with E-state index < -0.39 is 0 Å². The summed E-state index contributed by atoms with van der Waals surface area (Å²) in [6.45, 7) is 2.29. The maximum Gasteiger partial charge on any atom is 0.161 e. The van der Waals surface area contributed by atoms with E-state index in [1.807, 2.05) is 24.3 Å². The van der Waals surface area contributed by atoms with Crippen molar-refractivity contribution < 1.29 is 14.6 Å². The van der Waals surface area contributed by atoms with Gasteiger partial charge in [0.1, 0.15) is 6.61 Å². The van der Waals surface area contributed by atoms with Crippen LogP contribution in [0.1, 0.15) is 30.4 Å². The molecule has 2 aromatic carbocycles. The maximum atomic E-state index is 8.77. The van der Waals surface area contributed by atoms with Gasteiger partial charge in [-0.05, 0) is 55.6 Å². The van der Waals surface area contributed by atoms with E-state index in [4.69, 9.17) is 37.8 Å². The highest BCUT2D eigenvalue weighted by molar-refractivity contribution is 6.35. The standard InChI is InChI=1S/C20H25Cl2NO3/c1-25-20-11-15(13-23-9-3-2-4-10-24)5-8-19(20)26-14-16-6-7-17(21)12-18(16)22/h5-8,11-12,23-24H,2-4,9-10,13-14H2,1H3. The van der Waals surface area contributed by atoms with Gasteiger partial charge in [0, 0.05) is 28.8 Å². The third-order valence-corrected chi connectivity index (χ3v) is 4.55. The molecule has 4 nitrogen and oxygen atoms in total. The van der Waals surface area contributed by atoms with E-state index in [0.717, 1.165) is 43.5 Å². The molecule has 0 unspecified atom stereocenters. The van der Waals surface area contributed by atoms with Crippen LogP contribution in [-0.2, 0) is 13.2 Å². The van der Waals surface area contributed by atoms with Gasteiger partial charge >= 0.3 is 0 Å². The van der Waals surface area contributed by atoms with Crippen LogP contribution in [0.25, 0.3) is 0 Å². The fourth-order valence-corrected chi connectivity index (χ4v) is 2.97. The average molecular weight is 398 g/mol. The summed E-state index contributed by atoms with van der Waals surface area (Å²) >= 11 is 12.1. The fourth-order valence-electron chi connectivity index (χ4n) is 2.51. The number of ether oxygens (including phenoxy) is 2. The maximum absolute atomic E-state index is 8.77. The molecule has 2 aromatic rings. The first kappa shape index (κ1) is 20.8. The Bertz CT molecular complexity index is 695. The molecule has 0 amide bonds. The summed E-state index contributed by atoms with van der Waals surface area (Å²) in [5, 5.41) is 13.3. The van der Waals surface area contributed by atoms with Gasteiger partial charge in [-0.1, -0.05) is 35.3 Å². The largest absolute Gasteiger partial charge is 0.493 e. The molecule has 142 valence electrons. The monoisotopic (exact) mass is 397 g/mol. The molecule has 0 aliphatic heterocycles. The van der Waals surface area contributed by atoms with Crippen LogP contribution in [0, 0.1) is 0 Å². The Labute approximate surface area is 165 Å². The van der Waals surface area contributed by atoms with Crippen LogP contribution in [-0.4, -0.2) is 25.4 Å². The SMILES string of the molecule is COc1cc(CNCCCCCO)ccc1OCc1ccc(Cl)cc1Cl. The first-order valence-corrected chi connectivity index (χ1v) is 9.45. The summed E-state index contributed by atoms with van der Waals surface area (Å²) in [5.74, 6) is 1.36. The van der Waals surface area contributed by atoms with Crippen molar-refractivity contribution >= 4 is 23.2 Å². The Balaban J connectivity index is 1.89. The lowest BCUT2D eigenvalue weighted by atomic mass is 10.2. The zero-order valence-corrected chi connectivity index (χ0v) is 16.4. The molecule has 0 saturated heterocycles. The Hall–Kier alpha value is -1.46. The Morgan fingerprint density at radius 3 is 2.58 bits per heavy atom. The van der Waals surface area contributed by atoms with Crippen LogP contribution >= 0.6 is 23.2 Å². The molecule has 0 atom stereocenters. The molecule has 0 bridgehead atoms. The molecule has 0 heterocycles. The van der Waals surface area contributed by atoms with Gasteiger partial charge in [-0.2, -0.15) is 0 Å². The molecule has 2 N–H and O–H groups in total. The average Bonchev–Trinajstić information content (AvgIpc) is 2.64. The lowest BCUT2D eigenvalue weighted by Gasteiger charge is -2.13. The predicted octanol–water partition coefficient (Wildman–Crippen LogP) is 4.83. The summed E-state index contributed by atoms with van der Waals surface area (Å²) in [5.41, 5.74) is 1.99. The van der Waals surface area contributed by atoms with Crippen molar-refractivity contribution in [1.29, 1.82) is 0 Å². The highest BCUT2D eigenvalue weighted by Gasteiger charge is 2.08. The molecule has 26 heavy (non-hydrogen) atoms. The van der Waals surface area contributed by atoms with Crippen LogP contribution in [0.3, 0.4) is 0 Å². The Morgan fingerprint density at radius 2 is 1.85 bits per heavy atom. The topological polar surface area (TPSA) is 50.7 Å². The summed E-state index contributed by atoms with van der Waals surface area (Å²) in [6.07, 6.45) is 2.95. The van der Waals surface area contributed by atoms with E-state index in [-0.39, 0.29) is 6.61 Å². The van der Waals surface area contributed by atoms with Gasteiger partial charge in [0.2, 0.25) is 0 Å². The lowest BCUT2D eigenvalue weighted by Crippen LogP contribution is -2.14. The first-order valence-electron chi connectivity index (χ1n) is 8.69. The van der Waals surface area contributed by atoms with Crippen molar-refractivity contribution in [3.63, 3.8) is 0 Å². The molecular formula is C20H25Cl2NO3. The van der Waals surface area contributed by atoms with Crippen molar-refractivity contribution in [3.05, 3.63) is 57.6 Å². The van der Waals surface area contributed by atoms with Crippen LogP contribution in [0.5, 0.6) is 11.5 Å². The molecular weight excluding hydrogens is 373 g/mol. The third kappa shape index (κ3) is 6.69. The molecule has 0 radical (unpaired) electrons. The smallest absolute Gasteiger partial charge is 0.161 e. The molecule has 0 fully saturated rings. The highest BCUT2D eigenvalue weighted by Crippen LogP contribution is 2.30. The number of rotatable bonds is 11. The van der Waals surface area contributed by atoms with Gasteiger partial charge in [0.05, 0.1) is 7.11 Å². The summed E-state index contributed by atoms with van der Waals surface area (Å²) in [6, 6.07) is 11.2. The second-order valence-corrected chi connectivity index (χ2v) is 6.81. The first-order chi connectivity index (χ1) is 12.6. The Kier molecular flexibility index (Phi) is 9.06. The number of nitrogens with one attached hydrogen (secondary N) is 1. The molecule has 2 rings (SSSR count). The number of methoxy groups -OCH3 is 1. The van der Waals surface area contributed by atoms with Crippen molar-refractivity contribution in [2.75, 3.05) is 20.3 Å². The number of unbranched alkanes of at least 4 members (excludes halogenated alkanes) is 2. The summed E-state index contributed by atoms with van der Waals surface area (Å²) < 4.78 is 11.3. The zero-order chi connectivity index (χ0) is 18.8. The number of hydrogen-bond donors (Lipinski definition) is 2. The fraction of sp³-hybridized carbons (Fsp3) is 0.400. The molecule has 0 saturated carbocycles. The minimum absolute atomic E-state index is 0.264. The van der Waals surface area contributed by atoms with Crippen molar-refractivity contribution in [1.82, 2.24) is 5.32 Å². The van der Waals surface area contributed by atoms with E-state index in [9.17, 15) is 0 Å². The van der Waals surface area contributed by atoms with Gasteiger partial charge in [0.25, 0.3) is 0 Å². The van der Waals surface area contributed by atoms with Crippen LogP contribution < -0.4 is 14.8 Å². The number of benzene rings is 2. The minimum Gasteiger partial charge on any atom is -0.493 e. The summed E-state index contributed by atoms with van der Waals surface area (Å²) in [4.78, 5) is 0. The van der Waals surface area contributed by atoms with Crippen LogP contribution in [0.4, 0.5) is 0 Å². The predicted molar refractivity (Wildman–Crippen MR) is 106 cm³/mol. The molecule has 0 spiro atoms. The van der Waals surface area contributed by atoms with E-state index >= 15 is 0 Å². The highest BCUT2D eigenvalue weighted by atomic mass is 35.5. The lowest BCUT2D eigenvalue weighted by molar-refractivity contribution is 0.282. The molecule has 0 aliphatic carbocycles.